The topological polar surface area (TPSA) is 35.5 Å². The first-order valence-corrected chi connectivity index (χ1v) is 5.71. The molecule has 110 valence electrons. The summed E-state index contributed by atoms with van der Waals surface area (Å²) in [6.45, 7) is 2.56. The highest BCUT2D eigenvalue weighted by Gasteiger charge is 2.31. The van der Waals surface area contributed by atoms with Crippen molar-refractivity contribution >= 4 is 24.8 Å². The lowest BCUT2D eigenvalue weighted by Gasteiger charge is -2.34. The largest absolute Gasteiger partial charge is 0.508 e. The summed E-state index contributed by atoms with van der Waals surface area (Å²) in [5.74, 6) is -0.0590. The second kappa shape index (κ2) is 8.53. The molecule has 0 radical (unpaired) electrons. The summed E-state index contributed by atoms with van der Waals surface area (Å²) in [5, 5.41) is 12.8. The normalized spacial score (nSPS) is 17.4. The number of hydrogen-bond acceptors (Lipinski definition) is 3. The van der Waals surface area contributed by atoms with Gasteiger partial charge >= 0.3 is 0 Å². The third-order valence-electron chi connectivity index (χ3n) is 3.04. The van der Waals surface area contributed by atoms with E-state index in [2.05, 4.69) is 5.32 Å². The van der Waals surface area contributed by atoms with Gasteiger partial charge in [-0.15, -0.1) is 24.8 Å². The Morgan fingerprint density at radius 1 is 1.11 bits per heavy atom. The molecule has 0 aliphatic carbocycles. The number of alkyl halides is 2. The fraction of sp³-hybridized carbons (Fsp3) is 0.500. The molecule has 0 bridgehead atoms. The molecule has 1 heterocycles. The van der Waals surface area contributed by atoms with Gasteiger partial charge in [-0.1, -0.05) is 18.2 Å². The molecule has 1 saturated heterocycles. The van der Waals surface area contributed by atoms with Crippen molar-refractivity contribution in [2.45, 2.75) is 12.5 Å². The van der Waals surface area contributed by atoms with Gasteiger partial charge in [0.2, 0.25) is 0 Å². The highest BCUT2D eigenvalue weighted by molar-refractivity contribution is 5.85. The van der Waals surface area contributed by atoms with E-state index in [-0.39, 0.29) is 30.6 Å². The molecule has 1 fully saturated rings. The summed E-state index contributed by atoms with van der Waals surface area (Å²) in [6, 6.07) is 5.31. The monoisotopic (exact) mass is 314 g/mol. The predicted molar refractivity (Wildman–Crippen MR) is 75.8 cm³/mol. The number of hydrogen-bond donors (Lipinski definition) is 2. The number of nitrogens with one attached hydrogen (secondary N) is 1. The zero-order valence-electron chi connectivity index (χ0n) is 10.3. The van der Waals surface area contributed by atoms with E-state index in [0.29, 0.717) is 31.7 Å². The van der Waals surface area contributed by atoms with Crippen LogP contribution in [0.25, 0.3) is 0 Å². The Bertz CT molecular complexity index is 377. The molecule has 2 N–H and O–H groups in total. The van der Waals surface area contributed by atoms with E-state index in [1.807, 2.05) is 0 Å². The van der Waals surface area contributed by atoms with E-state index >= 15 is 0 Å². The number of phenols is 1. The molecule has 7 heteroatoms. The van der Waals surface area contributed by atoms with Gasteiger partial charge in [-0.25, -0.2) is 8.78 Å². The molecular formula is C12H18Cl2F2N2O. The molecule has 0 spiro atoms. The molecule has 2 rings (SSSR count). The summed E-state index contributed by atoms with van der Waals surface area (Å²) in [4.78, 5) is 1.72. The first-order valence-electron chi connectivity index (χ1n) is 5.71. The van der Waals surface area contributed by atoms with Gasteiger partial charge in [-0.2, -0.15) is 0 Å². The van der Waals surface area contributed by atoms with Crippen molar-refractivity contribution in [3.63, 3.8) is 0 Å². The maximum atomic E-state index is 13.2. The fourth-order valence-electron chi connectivity index (χ4n) is 2.19. The van der Waals surface area contributed by atoms with Gasteiger partial charge in [0.05, 0.1) is 6.04 Å². The van der Waals surface area contributed by atoms with Crippen LogP contribution in [0.2, 0.25) is 0 Å². The number of benzene rings is 1. The SMILES string of the molecule is Cl.Cl.Oc1ccccc1[C@H](C(F)F)N1CCNCC1. The van der Waals surface area contributed by atoms with E-state index in [1.54, 1.807) is 23.1 Å². The van der Waals surface area contributed by atoms with Crippen LogP contribution in [0.15, 0.2) is 24.3 Å². The quantitative estimate of drug-likeness (QED) is 0.899. The lowest BCUT2D eigenvalue weighted by molar-refractivity contribution is 0.0170. The number of nitrogens with zero attached hydrogens (tertiary/aromatic N) is 1. The van der Waals surface area contributed by atoms with Crippen LogP contribution in [0.1, 0.15) is 11.6 Å². The molecule has 0 amide bonds. The van der Waals surface area contributed by atoms with Crippen molar-refractivity contribution in [1.29, 1.82) is 0 Å². The zero-order valence-corrected chi connectivity index (χ0v) is 11.9. The first kappa shape index (κ1) is 18.4. The molecule has 1 aliphatic rings. The van der Waals surface area contributed by atoms with Crippen LogP contribution in [0, 0.1) is 0 Å². The minimum absolute atomic E-state index is 0. The second-order valence-electron chi connectivity index (χ2n) is 4.12. The van der Waals surface area contributed by atoms with Crippen LogP contribution in [-0.2, 0) is 0 Å². The first-order chi connectivity index (χ1) is 8.20. The molecule has 19 heavy (non-hydrogen) atoms. The van der Waals surface area contributed by atoms with Crippen LogP contribution in [-0.4, -0.2) is 42.6 Å². The number of para-hydroxylation sites is 1. The summed E-state index contributed by atoms with van der Waals surface area (Å²) in [5.41, 5.74) is 0.310. The fourth-order valence-corrected chi connectivity index (χ4v) is 2.19. The minimum Gasteiger partial charge on any atom is -0.508 e. The number of piperazine rings is 1. The van der Waals surface area contributed by atoms with E-state index in [1.165, 1.54) is 6.07 Å². The number of halogens is 4. The lowest BCUT2D eigenvalue weighted by Crippen LogP contribution is -2.46. The minimum atomic E-state index is -2.50. The average Bonchev–Trinajstić information content (AvgIpc) is 2.33. The molecule has 0 saturated carbocycles. The molecular weight excluding hydrogens is 297 g/mol. The van der Waals surface area contributed by atoms with Crippen molar-refractivity contribution in [3.8, 4) is 5.75 Å². The highest BCUT2D eigenvalue weighted by atomic mass is 35.5. The van der Waals surface area contributed by atoms with Crippen LogP contribution in [0.5, 0.6) is 5.75 Å². The van der Waals surface area contributed by atoms with Gasteiger partial charge in [-0.05, 0) is 6.07 Å². The Morgan fingerprint density at radius 2 is 1.68 bits per heavy atom. The van der Waals surface area contributed by atoms with Crippen LogP contribution in [0.4, 0.5) is 8.78 Å². The molecule has 1 aliphatic heterocycles. The van der Waals surface area contributed by atoms with Gasteiger partial charge in [0.1, 0.15) is 5.75 Å². The van der Waals surface area contributed by atoms with Gasteiger partial charge in [0.15, 0.2) is 0 Å². The van der Waals surface area contributed by atoms with Crippen LogP contribution < -0.4 is 5.32 Å². The lowest BCUT2D eigenvalue weighted by atomic mass is 10.0. The predicted octanol–water partition coefficient (Wildman–Crippen LogP) is 2.45. The summed E-state index contributed by atoms with van der Waals surface area (Å²) < 4.78 is 26.4. The number of aromatic hydroxyl groups is 1. The Hall–Kier alpha value is -0.620. The van der Waals surface area contributed by atoms with Crippen molar-refractivity contribution in [2.24, 2.45) is 0 Å². The molecule has 1 aromatic rings. The molecule has 1 atom stereocenters. The smallest absolute Gasteiger partial charge is 0.258 e. The van der Waals surface area contributed by atoms with E-state index in [9.17, 15) is 13.9 Å². The van der Waals surface area contributed by atoms with E-state index in [0.717, 1.165) is 0 Å². The second-order valence-corrected chi connectivity index (χ2v) is 4.12. The standard InChI is InChI=1S/C12H16F2N2O.2ClH/c13-12(14)11(16-7-5-15-6-8-16)9-3-1-2-4-10(9)17;;/h1-4,11-12,15,17H,5-8H2;2*1H/t11-;;/m1../s1. The van der Waals surface area contributed by atoms with Gasteiger partial charge in [0.25, 0.3) is 6.43 Å². The third kappa shape index (κ3) is 4.45. The van der Waals surface area contributed by atoms with Crippen molar-refractivity contribution < 1.29 is 13.9 Å². The van der Waals surface area contributed by atoms with Crippen molar-refractivity contribution in [1.82, 2.24) is 10.2 Å². The van der Waals surface area contributed by atoms with Crippen molar-refractivity contribution in [2.75, 3.05) is 26.2 Å². The maximum absolute atomic E-state index is 13.2. The van der Waals surface area contributed by atoms with Crippen LogP contribution in [0.3, 0.4) is 0 Å². The summed E-state index contributed by atoms with van der Waals surface area (Å²) >= 11 is 0. The van der Waals surface area contributed by atoms with Gasteiger partial charge in [-0.3, -0.25) is 4.90 Å². The Morgan fingerprint density at radius 3 is 2.21 bits per heavy atom. The zero-order chi connectivity index (χ0) is 12.3. The summed E-state index contributed by atoms with van der Waals surface area (Å²) in [7, 11) is 0. The van der Waals surface area contributed by atoms with Crippen LogP contribution >= 0.6 is 24.8 Å². The van der Waals surface area contributed by atoms with Crippen molar-refractivity contribution in [3.05, 3.63) is 29.8 Å². The van der Waals surface area contributed by atoms with Gasteiger partial charge < -0.3 is 10.4 Å². The molecule has 3 nitrogen and oxygen atoms in total. The molecule has 0 unspecified atom stereocenters. The number of phenolic OH excluding ortho intramolecular Hbond substituents is 1. The molecule has 1 aromatic carbocycles. The number of rotatable bonds is 3. The van der Waals surface area contributed by atoms with E-state index < -0.39 is 12.5 Å². The van der Waals surface area contributed by atoms with Gasteiger partial charge in [0, 0.05) is 31.7 Å². The Balaban J connectivity index is 0.00000162. The third-order valence-corrected chi connectivity index (χ3v) is 3.04. The average molecular weight is 315 g/mol. The Labute approximate surface area is 123 Å². The maximum Gasteiger partial charge on any atom is 0.258 e. The van der Waals surface area contributed by atoms with E-state index in [4.69, 9.17) is 0 Å². The molecule has 0 aromatic heterocycles. The summed E-state index contributed by atoms with van der Waals surface area (Å²) in [6.07, 6.45) is -2.50. The Kier molecular flexibility index (Phi) is 8.25. The highest BCUT2D eigenvalue weighted by Crippen LogP contribution is 2.33.